The Bertz CT molecular complexity index is 687. The SMILES string of the molecule is Cc1ccc(C(=O)NC2CCN(Cc3ccccc3)C2)cc1F. The molecule has 0 aliphatic carbocycles. The minimum Gasteiger partial charge on any atom is -0.348 e. The van der Waals surface area contributed by atoms with Crippen molar-refractivity contribution < 1.29 is 9.18 Å². The number of carbonyl (C=O) groups is 1. The Labute approximate surface area is 136 Å². The molecular weight excluding hydrogens is 291 g/mol. The van der Waals surface area contributed by atoms with Crippen LogP contribution in [0, 0.1) is 12.7 Å². The Morgan fingerprint density at radius 2 is 2.04 bits per heavy atom. The number of carbonyl (C=O) groups excluding carboxylic acids is 1. The van der Waals surface area contributed by atoms with Crippen molar-refractivity contribution in [2.24, 2.45) is 0 Å². The zero-order chi connectivity index (χ0) is 16.2. The molecule has 0 radical (unpaired) electrons. The van der Waals surface area contributed by atoms with Crippen LogP contribution in [0.3, 0.4) is 0 Å². The Balaban J connectivity index is 1.55. The monoisotopic (exact) mass is 312 g/mol. The lowest BCUT2D eigenvalue weighted by molar-refractivity contribution is 0.0937. The highest BCUT2D eigenvalue weighted by Crippen LogP contribution is 2.15. The minimum absolute atomic E-state index is 0.121. The van der Waals surface area contributed by atoms with Gasteiger partial charge in [-0.1, -0.05) is 36.4 Å². The third-order valence-corrected chi connectivity index (χ3v) is 4.29. The summed E-state index contributed by atoms with van der Waals surface area (Å²) in [5.74, 6) is -0.537. The molecule has 0 bridgehead atoms. The maximum Gasteiger partial charge on any atom is 0.251 e. The summed E-state index contributed by atoms with van der Waals surface area (Å²) in [6.45, 7) is 4.37. The van der Waals surface area contributed by atoms with E-state index in [2.05, 4.69) is 22.3 Å². The second-order valence-electron chi connectivity index (χ2n) is 6.14. The smallest absolute Gasteiger partial charge is 0.251 e. The molecule has 1 unspecified atom stereocenters. The quantitative estimate of drug-likeness (QED) is 0.940. The predicted octanol–water partition coefficient (Wildman–Crippen LogP) is 3.14. The number of halogens is 1. The predicted molar refractivity (Wildman–Crippen MR) is 88.7 cm³/mol. The Kier molecular flexibility index (Phi) is 4.72. The van der Waals surface area contributed by atoms with E-state index in [0.717, 1.165) is 26.1 Å². The first kappa shape index (κ1) is 15.7. The van der Waals surface area contributed by atoms with Crippen molar-refractivity contribution in [2.75, 3.05) is 13.1 Å². The van der Waals surface area contributed by atoms with Gasteiger partial charge in [0.1, 0.15) is 5.82 Å². The second-order valence-corrected chi connectivity index (χ2v) is 6.14. The maximum atomic E-state index is 13.6. The highest BCUT2D eigenvalue weighted by Gasteiger charge is 2.24. The molecule has 3 nitrogen and oxygen atoms in total. The third-order valence-electron chi connectivity index (χ3n) is 4.29. The first-order valence-corrected chi connectivity index (χ1v) is 7.95. The summed E-state index contributed by atoms with van der Waals surface area (Å²) in [5, 5.41) is 3.01. The highest BCUT2D eigenvalue weighted by molar-refractivity contribution is 5.94. The van der Waals surface area contributed by atoms with Gasteiger partial charge in [0, 0.05) is 31.2 Å². The average molecular weight is 312 g/mol. The van der Waals surface area contributed by atoms with E-state index in [1.807, 2.05) is 18.2 Å². The molecule has 2 aromatic carbocycles. The molecule has 1 amide bonds. The van der Waals surface area contributed by atoms with Crippen LogP contribution in [0.5, 0.6) is 0 Å². The normalized spacial score (nSPS) is 18.1. The first-order chi connectivity index (χ1) is 11.1. The van der Waals surface area contributed by atoms with Gasteiger partial charge >= 0.3 is 0 Å². The van der Waals surface area contributed by atoms with Crippen molar-refractivity contribution in [3.8, 4) is 0 Å². The van der Waals surface area contributed by atoms with Crippen LogP contribution < -0.4 is 5.32 Å². The standard InChI is InChI=1S/C19H21FN2O/c1-14-7-8-16(11-18(14)20)19(23)21-17-9-10-22(13-17)12-15-5-3-2-4-6-15/h2-8,11,17H,9-10,12-13H2,1H3,(H,21,23). The van der Waals surface area contributed by atoms with Crippen LogP contribution in [0.2, 0.25) is 0 Å². The fourth-order valence-electron chi connectivity index (χ4n) is 2.94. The van der Waals surface area contributed by atoms with E-state index in [9.17, 15) is 9.18 Å². The van der Waals surface area contributed by atoms with Gasteiger partial charge in [-0.15, -0.1) is 0 Å². The molecule has 3 rings (SSSR count). The van der Waals surface area contributed by atoms with Crippen LogP contribution >= 0.6 is 0 Å². The molecule has 1 aliphatic rings. The number of aryl methyl sites for hydroxylation is 1. The topological polar surface area (TPSA) is 32.3 Å². The summed E-state index contributed by atoms with van der Waals surface area (Å²) in [6, 6.07) is 15.1. The van der Waals surface area contributed by atoms with Gasteiger partial charge in [-0.3, -0.25) is 9.69 Å². The van der Waals surface area contributed by atoms with Crippen LogP contribution in [0.1, 0.15) is 27.9 Å². The highest BCUT2D eigenvalue weighted by atomic mass is 19.1. The van der Waals surface area contributed by atoms with Crippen molar-refractivity contribution in [1.29, 1.82) is 0 Å². The summed E-state index contributed by atoms with van der Waals surface area (Å²) in [4.78, 5) is 14.6. The van der Waals surface area contributed by atoms with Gasteiger partial charge in [0.15, 0.2) is 0 Å². The molecule has 120 valence electrons. The lowest BCUT2D eigenvalue weighted by Crippen LogP contribution is -2.37. The van der Waals surface area contributed by atoms with Crippen molar-refractivity contribution >= 4 is 5.91 Å². The fourth-order valence-corrected chi connectivity index (χ4v) is 2.94. The molecule has 1 N–H and O–H groups in total. The summed E-state index contributed by atoms with van der Waals surface area (Å²) in [5.41, 5.74) is 2.21. The molecular formula is C19H21FN2O. The number of nitrogens with one attached hydrogen (secondary N) is 1. The number of rotatable bonds is 4. The van der Waals surface area contributed by atoms with E-state index in [0.29, 0.717) is 11.1 Å². The second kappa shape index (κ2) is 6.92. The van der Waals surface area contributed by atoms with Gasteiger partial charge in [0.05, 0.1) is 0 Å². The first-order valence-electron chi connectivity index (χ1n) is 7.95. The van der Waals surface area contributed by atoms with Gasteiger partial charge in [0.25, 0.3) is 5.91 Å². The molecule has 4 heteroatoms. The summed E-state index contributed by atoms with van der Waals surface area (Å²) in [6.07, 6.45) is 0.924. The molecule has 1 heterocycles. The van der Waals surface area contributed by atoms with Gasteiger partial charge in [-0.05, 0) is 36.6 Å². The average Bonchev–Trinajstić information content (AvgIpc) is 2.98. The van der Waals surface area contributed by atoms with Crippen molar-refractivity contribution in [2.45, 2.75) is 25.9 Å². The molecule has 0 saturated carbocycles. The fraction of sp³-hybridized carbons (Fsp3) is 0.316. The zero-order valence-corrected chi connectivity index (χ0v) is 13.3. The lowest BCUT2D eigenvalue weighted by atomic mass is 10.1. The molecule has 2 aromatic rings. The van der Waals surface area contributed by atoms with Crippen LogP contribution in [0.4, 0.5) is 4.39 Å². The zero-order valence-electron chi connectivity index (χ0n) is 13.3. The summed E-state index contributed by atoms with van der Waals surface area (Å²) >= 11 is 0. The van der Waals surface area contributed by atoms with Crippen molar-refractivity contribution in [1.82, 2.24) is 10.2 Å². The molecule has 1 aliphatic heterocycles. The Morgan fingerprint density at radius 3 is 2.78 bits per heavy atom. The minimum atomic E-state index is -0.338. The van der Waals surface area contributed by atoms with Gasteiger partial charge < -0.3 is 5.32 Å². The van der Waals surface area contributed by atoms with Crippen LogP contribution in [-0.2, 0) is 6.54 Å². The number of likely N-dealkylation sites (tertiary alicyclic amines) is 1. The molecule has 0 spiro atoms. The molecule has 23 heavy (non-hydrogen) atoms. The number of benzene rings is 2. The van der Waals surface area contributed by atoms with E-state index < -0.39 is 0 Å². The Hall–Kier alpha value is -2.20. The third kappa shape index (κ3) is 3.96. The molecule has 1 fully saturated rings. The number of nitrogens with zero attached hydrogens (tertiary/aromatic N) is 1. The maximum absolute atomic E-state index is 13.6. The van der Waals surface area contributed by atoms with E-state index in [-0.39, 0.29) is 17.8 Å². The van der Waals surface area contributed by atoms with Crippen LogP contribution in [0.15, 0.2) is 48.5 Å². The molecule has 0 aromatic heterocycles. The Morgan fingerprint density at radius 1 is 1.26 bits per heavy atom. The number of amides is 1. The van der Waals surface area contributed by atoms with Gasteiger partial charge in [-0.25, -0.2) is 4.39 Å². The van der Waals surface area contributed by atoms with E-state index >= 15 is 0 Å². The summed E-state index contributed by atoms with van der Waals surface area (Å²) < 4.78 is 13.6. The van der Waals surface area contributed by atoms with E-state index in [1.165, 1.54) is 11.6 Å². The molecule has 1 atom stereocenters. The van der Waals surface area contributed by atoms with E-state index in [1.54, 1.807) is 19.1 Å². The van der Waals surface area contributed by atoms with Crippen LogP contribution in [-0.4, -0.2) is 29.9 Å². The number of hydrogen-bond donors (Lipinski definition) is 1. The largest absolute Gasteiger partial charge is 0.348 e. The van der Waals surface area contributed by atoms with E-state index in [4.69, 9.17) is 0 Å². The van der Waals surface area contributed by atoms with Crippen molar-refractivity contribution in [3.63, 3.8) is 0 Å². The summed E-state index contributed by atoms with van der Waals surface area (Å²) in [7, 11) is 0. The number of hydrogen-bond acceptors (Lipinski definition) is 2. The lowest BCUT2D eigenvalue weighted by Gasteiger charge is -2.17. The van der Waals surface area contributed by atoms with Crippen molar-refractivity contribution in [3.05, 3.63) is 71.0 Å². The van der Waals surface area contributed by atoms with Gasteiger partial charge in [-0.2, -0.15) is 0 Å². The van der Waals surface area contributed by atoms with Gasteiger partial charge in [0.2, 0.25) is 0 Å². The molecule has 1 saturated heterocycles. The van der Waals surface area contributed by atoms with Crippen LogP contribution in [0.25, 0.3) is 0 Å².